The molecule has 0 heterocycles. The summed E-state index contributed by atoms with van der Waals surface area (Å²) in [5.74, 6) is 0.929. The number of para-hydroxylation sites is 1. The van der Waals surface area contributed by atoms with Crippen LogP contribution in [0.15, 0.2) is 41.0 Å². The van der Waals surface area contributed by atoms with Gasteiger partial charge in [-0.2, -0.15) is 10.4 Å². The van der Waals surface area contributed by atoms with E-state index in [0.717, 1.165) is 12.8 Å². The molecule has 120 valence electrons. The smallest absolute Gasteiger partial charge is 0.277 e. The van der Waals surface area contributed by atoms with Crippen LogP contribution in [-0.4, -0.2) is 18.7 Å². The van der Waals surface area contributed by atoms with Crippen LogP contribution in [0.1, 0.15) is 32.3 Å². The van der Waals surface area contributed by atoms with Gasteiger partial charge in [-0.3, -0.25) is 4.79 Å². The lowest BCUT2D eigenvalue weighted by atomic mass is 9.82. The molecular formula is C18H21N3O2. The fraction of sp³-hybridized carbons (Fsp3) is 0.389. The molecule has 5 nitrogen and oxygen atoms in total. The second-order valence-electron chi connectivity index (χ2n) is 5.84. The topological polar surface area (TPSA) is 74.5 Å². The average Bonchev–Trinajstić information content (AvgIpc) is 2.55. The summed E-state index contributed by atoms with van der Waals surface area (Å²) in [7, 11) is 0. The number of nitrogens with zero attached hydrogens (tertiary/aromatic N) is 2. The molecular weight excluding hydrogens is 290 g/mol. The summed E-state index contributed by atoms with van der Waals surface area (Å²) < 4.78 is 5.35. The lowest BCUT2D eigenvalue weighted by molar-refractivity contribution is -0.123. The van der Waals surface area contributed by atoms with Crippen LogP contribution in [0, 0.1) is 23.2 Å². The molecule has 0 saturated heterocycles. The third-order valence-electron chi connectivity index (χ3n) is 3.93. The molecule has 23 heavy (non-hydrogen) atoms. The highest BCUT2D eigenvalue weighted by molar-refractivity contribution is 5.78. The SMILES string of the molecule is CC1=CC[C@H](C=NNC(=O)COc2ccccc2C#N)[C@@H](C)C1. The van der Waals surface area contributed by atoms with Gasteiger partial charge in [-0.25, -0.2) is 5.43 Å². The Morgan fingerprint density at radius 3 is 3.04 bits per heavy atom. The lowest BCUT2D eigenvalue weighted by Gasteiger charge is -2.24. The van der Waals surface area contributed by atoms with Crippen molar-refractivity contribution in [1.82, 2.24) is 5.43 Å². The standard InChI is InChI=1S/C18H21N3O2/c1-13-7-8-16(14(2)9-13)11-20-21-18(22)12-23-17-6-4-3-5-15(17)10-19/h3-7,11,14,16H,8-9,12H2,1-2H3,(H,21,22)/t14-,16+/m0/s1. The number of hydrogen-bond donors (Lipinski definition) is 1. The summed E-state index contributed by atoms with van der Waals surface area (Å²) in [6.07, 6.45) is 6.05. The van der Waals surface area contributed by atoms with E-state index in [-0.39, 0.29) is 12.5 Å². The molecule has 2 rings (SSSR count). The summed E-state index contributed by atoms with van der Waals surface area (Å²) in [4.78, 5) is 11.7. The Hall–Kier alpha value is -2.61. The van der Waals surface area contributed by atoms with Crippen LogP contribution in [0.4, 0.5) is 0 Å². The van der Waals surface area contributed by atoms with Crippen LogP contribution in [0.2, 0.25) is 0 Å². The number of hydrazone groups is 1. The molecule has 0 radical (unpaired) electrons. The zero-order chi connectivity index (χ0) is 16.7. The molecule has 1 N–H and O–H groups in total. The van der Waals surface area contributed by atoms with Crippen molar-refractivity contribution in [1.29, 1.82) is 5.26 Å². The van der Waals surface area contributed by atoms with E-state index < -0.39 is 0 Å². The molecule has 0 bridgehead atoms. The van der Waals surface area contributed by atoms with Gasteiger partial charge in [-0.05, 0) is 37.8 Å². The number of carbonyl (C=O) groups excluding carboxylic acids is 1. The van der Waals surface area contributed by atoms with Gasteiger partial charge in [0.2, 0.25) is 0 Å². The molecule has 2 atom stereocenters. The van der Waals surface area contributed by atoms with Crippen LogP contribution in [0.25, 0.3) is 0 Å². The average molecular weight is 311 g/mol. The van der Waals surface area contributed by atoms with Gasteiger partial charge >= 0.3 is 0 Å². The van der Waals surface area contributed by atoms with Crippen molar-refractivity contribution in [2.75, 3.05) is 6.61 Å². The van der Waals surface area contributed by atoms with Crippen molar-refractivity contribution in [2.45, 2.75) is 26.7 Å². The third-order valence-corrected chi connectivity index (χ3v) is 3.93. The second kappa shape index (κ2) is 8.14. The van der Waals surface area contributed by atoms with Gasteiger partial charge in [-0.15, -0.1) is 0 Å². The van der Waals surface area contributed by atoms with Crippen LogP contribution < -0.4 is 10.2 Å². The maximum atomic E-state index is 11.7. The number of hydrogen-bond acceptors (Lipinski definition) is 4. The summed E-state index contributed by atoms with van der Waals surface area (Å²) in [5.41, 5.74) is 4.29. The first-order valence-corrected chi connectivity index (χ1v) is 7.69. The molecule has 1 aliphatic carbocycles. The number of allylic oxidation sites excluding steroid dienone is 2. The Morgan fingerprint density at radius 2 is 2.30 bits per heavy atom. The largest absolute Gasteiger partial charge is 0.482 e. The molecule has 0 fully saturated rings. The number of carbonyl (C=O) groups is 1. The van der Waals surface area contributed by atoms with Crippen molar-refractivity contribution >= 4 is 12.1 Å². The summed E-state index contributed by atoms with van der Waals surface area (Å²) in [6.45, 7) is 4.16. The van der Waals surface area contributed by atoms with Crippen LogP contribution in [0.5, 0.6) is 5.75 Å². The molecule has 0 saturated carbocycles. The predicted octanol–water partition coefficient (Wildman–Crippen LogP) is 3.03. The fourth-order valence-corrected chi connectivity index (χ4v) is 2.59. The van der Waals surface area contributed by atoms with E-state index in [1.165, 1.54) is 5.57 Å². The maximum absolute atomic E-state index is 11.7. The van der Waals surface area contributed by atoms with Crippen molar-refractivity contribution < 1.29 is 9.53 Å². The molecule has 0 unspecified atom stereocenters. The van der Waals surface area contributed by atoms with Crippen molar-refractivity contribution in [3.05, 3.63) is 41.5 Å². The van der Waals surface area contributed by atoms with Gasteiger partial charge < -0.3 is 4.74 Å². The van der Waals surface area contributed by atoms with E-state index in [9.17, 15) is 4.79 Å². The van der Waals surface area contributed by atoms with Crippen molar-refractivity contribution in [3.63, 3.8) is 0 Å². The van der Waals surface area contributed by atoms with Gasteiger partial charge in [0, 0.05) is 12.1 Å². The first-order valence-electron chi connectivity index (χ1n) is 7.69. The molecule has 0 aromatic heterocycles. The predicted molar refractivity (Wildman–Crippen MR) is 88.9 cm³/mol. The van der Waals surface area contributed by atoms with Gasteiger partial charge in [0.15, 0.2) is 6.61 Å². The highest BCUT2D eigenvalue weighted by Crippen LogP contribution is 2.27. The van der Waals surface area contributed by atoms with E-state index in [4.69, 9.17) is 10.00 Å². The minimum atomic E-state index is -0.343. The zero-order valence-electron chi connectivity index (χ0n) is 13.5. The molecule has 1 aromatic rings. The normalized spacial score (nSPS) is 20.7. The van der Waals surface area contributed by atoms with Gasteiger partial charge in [-0.1, -0.05) is 30.7 Å². The summed E-state index contributed by atoms with van der Waals surface area (Å²) in [5, 5.41) is 13.0. The quantitative estimate of drug-likeness (QED) is 0.516. The number of nitriles is 1. The van der Waals surface area contributed by atoms with E-state index in [1.807, 2.05) is 6.07 Å². The Bertz CT molecular complexity index is 658. The zero-order valence-corrected chi connectivity index (χ0v) is 13.5. The van der Waals surface area contributed by atoms with Crippen LogP contribution >= 0.6 is 0 Å². The Labute approximate surface area is 136 Å². The van der Waals surface area contributed by atoms with Crippen molar-refractivity contribution in [2.24, 2.45) is 16.9 Å². The first-order chi connectivity index (χ1) is 11.1. The van der Waals surface area contributed by atoms with Gasteiger partial charge in [0.05, 0.1) is 5.56 Å². The monoisotopic (exact) mass is 311 g/mol. The molecule has 0 spiro atoms. The van der Waals surface area contributed by atoms with Gasteiger partial charge in [0.25, 0.3) is 5.91 Å². The highest BCUT2D eigenvalue weighted by atomic mass is 16.5. The van der Waals surface area contributed by atoms with E-state index in [1.54, 1.807) is 30.5 Å². The molecule has 0 aliphatic heterocycles. The molecule has 1 amide bonds. The summed E-state index contributed by atoms with van der Waals surface area (Å²) in [6, 6.07) is 8.83. The first kappa shape index (κ1) is 16.8. The van der Waals surface area contributed by atoms with Crippen LogP contribution in [0.3, 0.4) is 0 Å². The lowest BCUT2D eigenvalue weighted by Crippen LogP contribution is -2.26. The highest BCUT2D eigenvalue weighted by Gasteiger charge is 2.18. The Balaban J connectivity index is 1.79. The maximum Gasteiger partial charge on any atom is 0.277 e. The Kier molecular flexibility index (Phi) is 5.93. The number of benzene rings is 1. The second-order valence-corrected chi connectivity index (χ2v) is 5.84. The number of ether oxygens (including phenoxy) is 1. The molecule has 1 aliphatic rings. The summed E-state index contributed by atoms with van der Waals surface area (Å²) >= 11 is 0. The number of nitrogens with one attached hydrogen (secondary N) is 1. The minimum absolute atomic E-state index is 0.171. The molecule has 1 aromatic carbocycles. The van der Waals surface area contributed by atoms with Crippen molar-refractivity contribution in [3.8, 4) is 11.8 Å². The Morgan fingerprint density at radius 1 is 1.52 bits per heavy atom. The fourth-order valence-electron chi connectivity index (χ4n) is 2.59. The third kappa shape index (κ3) is 4.96. The minimum Gasteiger partial charge on any atom is -0.482 e. The van der Waals surface area contributed by atoms with E-state index in [2.05, 4.69) is 30.5 Å². The number of rotatable bonds is 5. The van der Waals surface area contributed by atoms with E-state index in [0.29, 0.717) is 23.1 Å². The van der Waals surface area contributed by atoms with Crippen LogP contribution in [-0.2, 0) is 4.79 Å². The number of amides is 1. The van der Waals surface area contributed by atoms with E-state index >= 15 is 0 Å². The molecule has 5 heteroatoms. The van der Waals surface area contributed by atoms with Gasteiger partial charge in [0.1, 0.15) is 11.8 Å².